The Kier molecular flexibility index (Phi) is 5.61. The van der Waals surface area contributed by atoms with Crippen LogP contribution in [0, 0.1) is 5.82 Å². The van der Waals surface area contributed by atoms with Gasteiger partial charge in [0.15, 0.2) is 29.7 Å². The molecule has 1 aliphatic heterocycles. The number of hydrogen-bond acceptors (Lipinski definition) is 4. The third kappa shape index (κ3) is 3.74. The molecule has 0 spiro atoms. The van der Waals surface area contributed by atoms with Crippen LogP contribution in [-0.2, 0) is 4.79 Å². The smallest absolute Gasteiger partial charge is 0.261 e. The molecule has 5 nitrogen and oxygen atoms in total. The predicted octanol–water partition coefficient (Wildman–Crippen LogP) is 3.59. The second-order valence-corrected chi connectivity index (χ2v) is 6.08. The topological polar surface area (TPSA) is 48.0 Å². The molecule has 1 fully saturated rings. The normalized spacial score (nSPS) is 16.4. The molecular weight excluding hydrogens is 337 g/mol. The molecule has 26 heavy (non-hydrogen) atoms. The summed E-state index contributed by atoms with van der Waals surface area (Å²) in [5, 5.41) is 0. The first-order valence-electron chi connectivity index (χ1n) is 8.52. The third-order valence-corrected chi connectivity index (χ3v) is 4.55. The van der Waals surface area contributed by atoms with E-state index in [4.69, 9.17) is 14.2 Å². The van der Waals surface area contributed by atoms with Gasteiger partial charge in [-0.1, -0.05) is 18.2 Å². The summed E-state index contributed by atoms with van der Waals surface area (Å²) in [6.07, 6.45) is 1.77. The van der Waals surface area contributed by atoms with Crippen LogP contribution in [0.5, 0.6) is 17.2 Å². The average molecular weight is 359 g/mol. The van der Waals surface area contributed by atoms with Gasteiger partial charge in [-0.25, -0.2) is 4.39 Å². The largest absolute Gasteiger partial charge is 0.493 e. The van der Waals surface area contributed by atoms with Crippen molar-refractivity contribution in [3.8, 4) is 17.2 Å². The predicted molar refractivity (Wildman–Crippen MR) is 95.1 cm³/mol. The van der Waals surface area contributed by atoms with Crippen molar-refractivity contribution < 1.29 is 23.4 Å². The highest BCUT2D eigenvalue weighted by Crippen LogP contribution is 2.37. The Labute approximate surface area is 152 Å². The fourth-order valence-electron chi connectivity index (χ4n) is 3.26. The number of halogens is 1. The van der Waals surface area contributed by atoms with Gasteiger partial charge in [0.05, 0.1) is 20.3 Å². The number of hydrogen-bond donors (Lipinski definition) is 0. The summed E-state index contributed by atoms with van der Waals surface area (Å²) in [5.41, 5.74) is 0.986. The zero-order chi connectivity index (χ0) is 18.5. The van der Waals surface area contributed by atoms with E-state index < -0.39 is 5.82 Å². The number of carbonyl (C=O) groups is 1. The minimum absolute atomic E-state index is 0.0495. The van der Waals surface area contributed by atoms with Gasteiger partial charge >= 0.3 is 0 Å². The lowest BCUT2D eigenvalue weighted by molar-refractivity contribution is -0.134. The molecule has 2 aromatic carbocycles. The number of nitrogens with zero attached hydrogens (tertiary/aromatic N) is 1. The highest BCUT2D eigenvalue weighted by molar-refractivity contribution is 5.78. The molecule has 0 aromatic heterocycles. The van der Waals surface area contributed by atoms with Crippen LogP contribution in [0.3, 0.4) is 0 Å². The molecule has 1 unspecified atom stereocenters. The van der Waals surface area contributed by atoms with E-state index in [1.807, 2.05) is 18.2 Å². The molecular formula is C20H22FNO4. The van der Waals surface area contributed by atoms with Gasteiger partial charge in [0, 0.05) is 6.54 Å². The van der Waals surface area contributed by atoms with Gasteiger partial charge in [0.2, 0.25) is 0 Å². The molecule has 1 amide bonds. The van der Waals surface area contributed by atoms with Crippen LogP contribution in [0.25, 0.3) is 0 Å². The fourth-order valence-corrected chi connectivity index (χ4v) is 3.26. The number of benzene rings is 2. The number of amides is 1. The van der Waals surface area contributed by atoms with Crippen LogP contribution in [0.1, 0.15) is 24.4 Å². The van der Waals surface area contributed by atoms with Gasteiger partial charge in [-0.15, -0.1) is 0 Å². The Morgan fingerprint density at radius 3 is 2.62 bits per heavy atom. The van der Waals surface area contributed by atoms with Crippen LogP contribution in [0.4, 0.5) is 4.39 Å². The zero-order valence-electron chi connectivity index (χ0n) is 14.9. The lowest BCUT2D eigenvalue weighted by atomic mass is 10.0. The van der Waals surface area contributed by atoms with E-state index in [0.29, 0.717) is 18.0 Å². The van der Waals surface area contributed by atoms with Crippen LogP contribution >= 0.6 is 0 Å². The molecule has 1 heterocycles. The van der Waals surface area contributed by atoms with E-state index in [2.05, 4.69) is 0 Å². The maximum Gasteiger partial charge on any atom is 0.261 e. The number of para-hydroxylation sites is 1. The monoisotopic (exact) mass is 359 g/mol. The molecule has 0 aliphatic carbocycles. The summed E-state index contributed by atoms with van der Waals surface area (Å²) in [4.78, 5) is 14.4. The quantitative estimate of drug-likeness (QED) is 0.791. The first kappa shape index (κ1) is 18.0. The molecule has 2 aromatic rings. The van der Waals surface area contributed by atoms with Crippen LogP contribution in [-0.4, -0.2) is 38.2 Å². The van der Waals surface area contributed by atoms with E-state index in [1.165, 1.54) is 12.1 Å². The van der Waals surface area contributed by atoms with Crippen molar-refractivity contribution in [2.45, 2.75) is 18.9 Å². The Balaban J connectivity index is 1.71. The maximum atomic E-state index is 13.6. The Morgan fingerprint density at radius 2 is 1.88 bits per heavy atom. The average Bonchev–Trinajstić information content (AvgIpc) is 3.16. The van der Waals surface area contributed by atoms with E-state index in [1.54, 1.807) is 31.3 Å². The van der Waals surface area contributed by atoms with Crippen molar-refractivity contribution in [2.75, 3.05) is 27.4 Å². The first-order valence-corrected chi connectivity index (χ1v) is 8.52. The number of ether oxygens (including phenoxy) is 3. The van der Waals surface area contributed by atoms with Gasteiger partial charge in [-0.05, 0) is 42.7 Å². The van der Waals surface area contributed by atoms with Crippen LogP contribution < -0.4 is 14.2 Å². The third-order valence-electron chi connectivity index (χ3n) is 4.55. The molecule has 0 N–H and O–H groups in total. The Morgan fingerprint density at radius 1 is 1.12 bits per heavy atom. The van der Waals surface area contributed by atoms with Crippen molar-refractivity contribution in [1.29, 1.82) is 0 Å². The van der Waals surface area contributed by atoms with Gasteiger partial charge in [-0.3, -0.25) is 4.79 Å². The van der Waals surface area contributed by atoms with E-state index >= 15 is 0 Å². The minimum atomic E-state index is -0.474. The Bertz CT molecular complexity index is 780. The molecule has 6 heteroatoms. The second kappa shape index (κ2) is 8.08. The van der Waals surface area contributed by atoms with Crippen molar-refractivity contribution in [3.05, 3.63) is 53.8 Å². The molecule has 0 bridgehead atoms. The van der Waals surface area contributed by atoms with E-state index in [-0.39, 0.29) is 24.3 Å². The number of rotatable bonds is 6. The van der Waals surface area contributed by atoms with Crippen molar-refractivity contribution in [3.63, 3.8) is 0 Å². The first-order chi connectivity index (χ1) is 12.6. The van der Waals surface area contributed by atoms with Crippen LogP contribution in [0.15, 0.2) is 42.5 Å². The summed E-state index contributed by atoms with van der Waals surface area (Å²) in [6, 6.07) is 11.7. The highest BCUT2D eigenvalue weighted by Gasteiger charge is 2.30. The van der Waals surface area contributed by atoms with E-state index in [9.17, 15) is 9.18 Å². The van der Waals surface area contributed by atoms with Crippen molar-refractivity contribution >= 4 is 5.91 Å². The Hall–Kier alpha value is -2.76. The molecule has 0 radical (unpaired) electrons. The second-order valence-electron chi connectivity index (χ2n) is 6.08. The van der Waals surface area contributed by atoms with Gasteiger partial charge < -0.3 is 19.1 Å². The van der Waals surface area contributed by atoms with Crippen molar-refractivity contribution in [1.82, 2.24) is 4.90 Å². The van der Waals surface area contributed by atoms with Gasteiger partial charge in [0.25, 0.3) is 5.91 Å². The molecule has 138 valence electrons. The number of likely N-dealkylation sites (tertiary alicyclic amines) is 1. The summed E-state index contributed by atoms with van der Waals surface area (Å²) in [7, 11) is 3.17. The minimum Gasteiger partial charge on any atom is -0.493 e. The lowest BCUT2D eigenvalue weighted by Crippen LogP contribution is -2.34. The molecule has 1 atom stereocenters. The standard InChI is InChI=1S/C20H22FNO4/c1-24-18-10-9-14(12-19(18)25-2)16-7-5-11-22(16)20(23)13-26-17-8-4-3-6-15(17)21/h3-4,6,8-10,12,16H,5,7,11,13H2,1-2H3. The number of methoxy groups -OCH3 is 2. The van der Waals surface area contributed by atoms with Crippen LogP contribution in [0.2, 0.25) is 0 Å². The summed E-state index contributed by atoms with van der Waals surface area (Å²) >= 11 is 0. The molecule has 1 saturated heterocycles. The number of carbonyl (C=O) groups excluding carboxylic acids is 1. The molecule has 1 aliphatic rings. The highest BCUT2D eigenvalue weighted by atomic mass is 19.1. The molecule has 3 rings (SSSR count). The summed E-state index contributed by atoms with van der Waals surface area (Å²) < 4.78 is 29.6. The van der Waals surface area contributed by atoms with E-state index in [0.717, 1.165) is 18.4 Å². The zero-order valence-corrected chi connectivity index (χ0v) is 14.9. The lowest BCUT2D eigenvalue weighted by Gasteiger charge is -2.25. The van der Waals surface area contributed by atoms with Gasteiger partial charge in [-0.2, -0.15) is 0 Å². The van der Waals surface area contributed by atoms with Gasteiger partial charge in [0.1, 0.15) is 0 Å². The summed E-state index contributed by atoms with van der Waals surface area (Å²) in [5.74, 6) is 0.730. The maximum absolute atomic E-state index is 13.6. The molecule has 0 saturated carbocycles. The SMILES string of the molecule is COc1ccc(C2CCCN2C(=O)COc2ccccc2F)cc1OC. The fraction of sp³-hybridized carbons (Fsp3) is 0.350. The van der Waals surface area contributed by atoms with Crippen molar-refractivity contribution in [2.24, 2.45) is 0 Å². The summed E-state index contributed by atoms with van der Waals surface area (Å²) in [6.45, 7) is 0.462.